The molecule has 2 aliphatic rings. The van der Waals surface area contributed by atoms with Crippen LogP contribution >= 0.6 is 0 Å². The molecule has 2 saturated carbocycles. The number of unbranched alkanes of at least 4 members (excludes halogenated alkanes) is 4. The first-order valence-electron chi connectivity index (χ1n) is 9.44. The number of hydrogen-bond acceptors (Lipinski definition) is 2. The summed E-state index contributed by atoms with van der Waals surface area (Å²) in [6.45, 7) is 5.05. The largest absolute Gasteiger partial charge is 0.358 e. The van der Waals surface area contributed by atoms with Crippen LogP contribution in [0.1, 0.15) is 84.3 Å². The van der Waals surface area contributed by atoms with Crippen molar-refractivity contribution in [3.63, 3.8) is 0 Å². The Morgan fingerprint density at radius 1 is 1.05 bits per heavy atom. The minimum absolute atomic E-state index is 0.175. The molecule has 2 fully saturated rings. The zero-order chi connectivity index (χ0) is 15.6. The maximum absolute atomic E-state index is 5.72. The Bertz CT molecular complexity index is 359. The minimum atomic E-state index is 0.175. The lowest BCUT2D eigenvalue weighted by Crippen LogP contribution is -2.34. The molecular weight excluding hydrogens is 272 g/mol. The summed E-state index contributed by atoms with van der Waals surface area (Å²) >= 11 is 0. The van der Waals surface area contributed by atoms with Gasteiger partial charge in [0.1, 0.15) is 6.23 Å². The second-order valence-corrected chi connectivity index (χ2v) is 6.80. The summed E-state index contributed by atoms with van der Waals surface area (Å²) in [6.07, 6.45) is 19.7. The Balaban J connectivity index is 0.000000238. The number of ether oxygens (including phenoxy) is 1. The van der Waals surface area contributed by atoms with Crippen LogP contribution in [0.3, 0.4) is 0 Å². The third kappa shape index (κ3) is 5.42. The SMILES string of the molecule is C1CC2CCC12.CCCCCCCC(OCC)n1ccnc1. The van der Waals surface area contributed by atoms with Gasteiger partial charge in [-0.2, -0.15) is 0 Å². The zero-order valence-electron chi connectivity index (χ0n) is 14.5. The van der Waals surface area contributed by atoms with Crippen molar-refractivity contribution in [2.75, 3.05) is 6.61 Å². The quantitative estimate of drug-likeness (QED) is 0.556. The molecular formula is C19H34N2O. The summed E-state index contributed by atoms with van der Waals surface area (Å²) in [7, 11) is 0. The molecule has 3 nitrogen and oxygen atoms in total. The molecule has 3 rings (SSSR count). The Labute approximate surface area is 136 Å². The minimum Gasteiger partial charge on any atom is -0.358 e. The molecule has 3 heteroatoms. The van der Waals surface area contributed by atoms with Crippen LogP contribution < -0.4 is 0 Å². The average Bonchev–Trinajstić information content (AvgIpc) is 3.04. The van der Waals surface area contributed by atoms with Gasteiger partial charge in [0.25, 0.3) is 0 Å². The lowest BCUT2D eigenvalue weighted by atomic mass is 9.60. The van der Waals surface area contributed by atoms with Gasteiger partial charge in [0.15, 0.2) is 0 Å². The van der Waals surface area contributed by atoms with Gasteiger partial charge in [0.2, 0.25) is 0 Å². The summed E-state index contributed by atoms with van der Waals surface area (Å²) in [4.78, 5) is 4.07. The fourth-order valence-electron chi connectivity index (χ4n) is 3.44. The van der Waals surface area contributed by atoms with E-state index in [1.54, 1.807) is 25.7 Å². The molecule has 0 amide bonds. The summed E-state index contributed by atoms with van der Waals surface area (Å²) in [5.74, 6) is 2.43. The number of rotatable bonds is 9. The molecule has 126 valence electrons. The maximum Gasteiger partial charge on any atom is 0.134 e. The zero-order valence-corrected chi connectivity index (χ0v) is 14.5. The maximum atomic E-state index is 5.72. The van der Waals surface area contributed by atoms with E-state index in [1.165, 1.54) is 43.9 Å². The van der Waals surface area contributed by atoms with E-state index in [-0.39, 0.29) is 6.23 Å². The third-order valence-electron chi connectivity index (χ3n) is 5.25. The fraction of sp³-hybridized carbons (Fsp3) is 0.842. The molecule has 1 atom stereocenters. The Morgan fingerprint density at radius 3 is 2.18 bits per heavy atom. The smallest absolute Gasteiger partial charge is 0.134 e. The Kier molecular flexibility index (Phi) is 8.00. The van der Waals surface area contributed by atoms with Crippen molar-refractivity contribution in [2.45, 2.75) is 84.3 Å². The van der Waals surface area contributed by atoms with Gasteiger partial charge < -0.3 is 9.30 Å². The van der Waals surface area contributed by atoms with Crippen molar-refractivity contribution in [3.8, 4) is 0 Å². The summed E-state index contributed by atoms with van der Waals surface area (Å²) in [5, 5.41) is 0. The highest BCUT2D eigenvalue weighted by Crippen LogP contribution is 2.49. The van der Waals surface area contributed by atoms with E-state index in [1.807, 2.05) is 25.6 Å². The van der Waals surface area contributed by atoms with Gasteiger partial charge in [-0.15, -0.1) is 0 Å². The number of imidazole rings is 1. The molecule has 0 aromatic carbocycles. The number of fused-ring (bicyclic) bond motifs is 1. The van der Waals surface area contributed by atoms with Gasteiger partial charge in [0, 0.05) is 19.0 Å². The van der Waals surface area contributed by atoms with Crippen molar-refractivity contribution in [2.24, 2.45) is 11.8 Å². The van der Waals surface area contributed by atoms with Crippen LogP contribution in [0, 0.1) is 11.8 Å². The average molecular weight is 306 g/mol. The van der Waals surface area contributed by atoms with Crippen LogP contribution in [0.15, 0.2) is 18.7 Å². The number of nitrogens with zero attached hydrogens (tertiary/aromatic N) is 2. The van der Waals surface area contributed by atoms with Gasteiger partial charge >= 0.3 is 0 Å². The van der Waals surface area contributed by atoms with E-state index in [4.69, 9.17) is 4.74 Å². The van der Waals surface area contributed by atoms with Crippen molar-refractivity contribution >= 4 is 0 Å². The third-order valence-corrected chi connectivity index (χ3v) is 5.25. The first kappa shape index (κ1) is 17.5. The predicted octanol–water partition coefficient (Wildman–Crippen LogP) is 5.59. The molecule has 0 spiro atoms. The van der Waals surface area contributed by atoms with Crippen molar-refractivity contribution < 1.29 is 4.74 Å². The summed E-state index contributed by atoms with van der Waals surface area (Å²) in [6, 6.07) is 0. The van der Waals surface area contributed by atoms with Gasteiger partial charge in [-0.1, -0.05) is 32.6 Å². The van der Waals surface area contributed by atoms with Gasteiger partial charge in [-0.25, -0.2) is 4.98 Å². The first-order chi connectivity index (χ1) is 10.8. The molecule has 1 unspecified atom stereocenters. The van der Waals surface area contributed by atoms with Gasteiger partial charge in [0.05, 0.1) is 6.33 Å². The van der Waals surface area contributed by atoms with E-state index in [9.17, 15) is 0 Å². The second kappa shape index (κ2) is 10.0. The molecule has 0 saturated heterocycles. The topological polar surface area (TPSA) is 27.1 Å². The summed E-state index contributed by atoms with van der Waals surface area (Å²) in [5.41, 5.74) is 0. The molecule has 2 aliphatic carbocycles. The Hall–Kier alpha value is -0.830. The van der Waals surface area contributed by atoms with E-state index < -0.39 is 0 Å². The number of aromatic nitrogens is 2. The lowest BCUT2D eigenvalue weighted by Gasteiger charge is -2.46. The van der Waals surface area contributed by atoms with Crippen molar-refractivity contribution in [1.29, 1.82) is 0 Å². The standard InChI is InChI=1S/C13H24N2O.C6H10/c1-3-5-6-7-8-9-13(16-4-2)15-11-10-14-12-15;1-2-6-4-3-5(1)6/h10-13H,3-9H2,1-2H3;5-6H,1-4H2. The molecule has 0 bridgehead atoms. The molecule has 1 heterocycles. The predicted molar refractivity (Wildman–Crippen MR) is 91.7 cm³/mol. The molecule has 1 aromatic heterocycles. The second-order valence-electron chi connectivity index (χ2n) is 6.80. The number of hydrogen-bond donors (Lipinski definition) is 0. The van der Waals surface area contributed by atoms with Crippen LogP contribution in [0.4, 0.5) is 0 Å². The fourth-order valence-corrected chi connectivity index (χ4v) is 3.44. The monoisotopic (exact) mass is 306 g/mol. The van der Waals surface area contributed by atoms with E-state index in [2.05, 4.69) is 16.5 Å². The van der Waals surface area contributed by atoms with Gasteiger partial charge in [-0.05, 0) is 57.3 Å². The Morgan fingerprint density at radius 2 is 1.73 bits per heavy atom. The van der Waals surface area contributed by atoms with E-state index in [0.29, 0.717) is 0 Å². The molecule has 0 N–H and O–H groups in total. The highest BCUT2D eigenvalue weighted by molar-refractivity contribution is 4.89. The lowest BCUT2D eigenvalue weighted by molar-refractivity contribution is 0.00231. The molecule has 0 radical (unpaired) electrons. The first-order valence-corrected chi connectivity index (χ1v) is 9.44. The van der Waals surface area contributed by atoms with Crippen molar-refractivity contribution in [3.05, 3.63) is 18.7 Å². The van der Waals surface area contributed by atoms with Gasteiger partial charge in [-0.3, -0.25) is 0 Å². The van der Waals surface area contributed by atoms with Crippen LogP contribution in [0.5, 0.6) is 0 Å². The highest BCUT2D eigenvalue weighted by atomic mass is 16.5. The normalized spacial score (nSPS) is 23.5. The summed E-state index contributed by atoms with van der Waals surface area (Å²) < 4.78 is 7.77. The van der Waals surface area contributed by atoms with Crippen molar-refractivity contribution in [1.82, 2.24) is 9.55 Å². The molecule has 0 aliphatic heterocycles. The molecule has 22 heavy (non-hydrogen) atoms. The van der Waals surface area contributed by atoms with Crippen LogP contribution in [-0.4, -0.2) is 16.2 Å². The van der Waals surface area contributed by atoms with E-state index >= 15 is 0 Å². The highest BCUT2D eigenvalue weighted by Gasteiger charge is 2.37. The van der Waals surface area contributed by atoms with Crippen LogP contribution in [0.2, 0.25) is 0 Å². The van der Waals surface area contributed by atoms with Crippen LogP contribution in [0.25, 0.3) is 0 Å². The van der Waals surface area contributed by atoms with E-state index in [0.717, 1.165) is 13.0 Å². The molecule has 1 aromatic rings. The van der Waals surface area contributed by atoms with Crippen LogP contribution in [-0.2, 0) is 4.74 Å².